The Balaban J connectivity index is -0.0000000277. The van der Waals surface area contributed by atoms with Crippen molar-refractivity contribution in [1.82, 2.24) is 0 Å². The van der Waals surface area contributed by atoms with Crippen LogP contribution in [-0.4, -0.2) is 0 Å². The first-order valence-corrected chi connectivity index (χ1v) is 7.63. The summed E-state index contributed by atoms with van der Waals surface area (Å²) in [6.45, 7) is 0. The molecule has 0 saturated carbocycles. The van der Waals surface area contributed by atoms with Crippen LogP contribution in [0.1, 0.15) is 0 Å². The van der Waals surface area contributed by atoms with Crippen molar-refractivity contribution in [3.05, 3.63) is 0 Å². The van der Waals surface area contributed by atoms with Crippen LogP contribution in [0.5, 0.6) is 0 Å². The van der Waals surface area contributed by atoms with Crippen molar-refractivity contribution >= 4 is 0 Å². The topological polar surface area (TPSA) is 241 Å². The fourth-order valence-corrected chi connectivity index (χ4v) is 0. The van der Waals surface area contributed by atoms with E-state index >= 15 is 0 Å². The summed E-state index contributed by atoms with van der Waals surface area (Å²) >= 11 is -16.9. The molecule has 0 aliphatic carbocycles. The molecule has 0 aliphatic heterocycles. The van der Waals surface area contributed by atoms with Crippen LogP contribution in [0.2, 0.25) is 0 Å². The third kappa shape index (κ3) is 1870. The minimum absolute atomic E-state index is 0. The quantitative estimate of drug-likeness (QED) is 0.264. The maximum atomic E-state index is 8.58. The fraction of sp³-hybridized carbons (Fsp3) is 0. The molecule has 0 atom stereocenters. The average molecular weight is 533 g/mol. The summed E-state index contributed by atoms with van der Waals surface area (Å²) in [5.74, 6) is 0. The average Bonchev–Trinajstić information content (AvgIpc) is 1.41. The van der Waals surface area contributed by atoms with Crippen molar-refractivity contribution in [2.75, 3.05) is 0 Å². The Kier molecular flexibility index (Phi) is 30.6. The second-order valence-electron chi connectivity index (χ2n) is 1.13. The van der Waals surface area contributed by atoms with Gasteiger partial charge < -0.3 is 0 Å². The van der Waals surface area contributed by atoms with Gasteiger partial charge in [0.25, 0.3) is 0 Å². The number of rotatable bonds is 0. The molecule has 1 radical (unpaired) electrons. The molecule has 18 heteroatoms. The van der Waals surface area contributed by atoms with Gasteiger partial charge in [0, 0.05) is 0 Å². The second-order valence-corrected chi connectivity index (χ2v) is 4.68. The van der Waals surface area contributed by atoms with Crippen LogP contribution in [-0.2, 0) is 113 Å². The first-order chi connectivity index (χ1) is 6.00. The van der Waals surface area contributed by atoms with Gasteiger partial charge in [-0.05, 0) is 0 Å². The van der Waals surface area contributed by atoms with Crippen molar-refractivity contribution in [1.29, 1.82) is 0 Å². The monoisotopic (exact) mass is 532 g/mol. The van der Waals surface area contributed by atoms with E-state index in [4.69, 9.17) is 48.1 Å². The van der Waals surface area contributed by atoms with Gasteiger partial charge in [0.1, 0.15) is 0 Å². The molecule has 0 rings (SSSR count). The van der Waals surface area contributed by atoms with Crippen molar-refractivity contribution in [3.8, 4) is 0 Å². The Morgan fingerprint density at radius 3 is 0.444 bits per heavy atom. The molecule has 0 aromatic heterocycles. The molecule has 0 N–H and O–H groups in total. The number of hydrogen-bond acceptors (Lipinski definition) is 12. The first kappa shape index (κ1) is 36.7. The van der Waals surface area contributed by atoms with E-state index in [9.17, 15) is 0 Å². The van der Waals surface area contributed by atoms with Gasteiger partial charge in [-0.3, -0.25) is 0 Å². The summed E-state index contributed by atoms with van der Waals surface area (Å²) in [5, 5.41) is 0. The Morgan fingerprint density at radius 2 is 0.444 bits per heavy atom. The molecule has 0 heterocycles. The Labute approximate surface area is 137 Å². The standard InChI is InChI=1S/Co.3Mn.2Ni.12O/q+2;;;;2*+2;;;;;;;6*-1. The van der Waals surface area contributed by atoms with E-state index in [0.717, 1.165) is 0 Å². The predicted octanol–water partition coefficient (Wildman–Crippen LogP) is -7.86. The molecule has 122 valence electrons. The molecule has 0 aromatic carbocycles. The van der Waals surface area contributed by atoms with Crippen LogP contribution in [0.25, 0.3) is 0 Å². The van der Waals surface area contributed by atoms with E-state index in [1.807, 2.05) is 0 Å². The SMILES string of the molecule is [Co+2].[Ni+2].[Ni+2].[O]=[Mn](=[O])([O-])[O-].[O]=[Mn](=[O])([O-])[O-].[O]=[Mn](=[O])([O-])[O-]. The Bertz CT molecular complexity index is 346. The summed E-state index contributed by atoms with van der Waals surface area (Å²) in [4.78, 5) is 0. The third-order valence-electron chi connectivity index (χ3n) is 0. The minimum atomic E-state index is -5.62. The van der Waals surface area contributed by atoms with Crippen molar-refractivity contribution in [2.24, 2.45) is 0 Å². The van der Waals surface area contributed by atoms with E-state index in [2.05, 4.69) is 0 Å². The molecule has 0 bridgehead atoms. The fourth-order valence-electron chi connectivity index (χ4n) is 0. The van der Waals surface area contributed by atoms with E-state index in [0.29, 0.717) is 0 Å². The van der Waals surface area contributed by atoms with Crippen molar-refractivity contribution in [3.63, 3.8) is 0 Å². The van der Waals surface area contributed by atoms with Gasteiger partial charge in [-0.25, -0.2) is 0 Å². The molecular weight excluding hydrogens is 533 g/mol. The van der Waals surface area contributed by atoms with Gasteiger partial charge in [0.05, 0.1) is 0 Å². The van der Waals surface area contributed by atoms with E-state index in [-0.39, 0.29) is 49.8 Å². The number of hydrogen-bond donors (Lipinski definition) is 0. The van der Waals surface area contributed by atoms with Gasteiger partial charge in [-0.2, -0.15) is 0 Å². The molecule has 12 nitrogen and oxygen atoms in total. The summed E-state index contributed by atoms with van der Waals surface area (Å²) in [6.07, 6.45) is 0. The van der Waals surface area contributed by atoms with Crippen LogP contribution in [0.3, 0.4) is 0 Å². The van der Waals surface area contributed by atoms with E-state index in [1.165, 1.54) is 0 Å². The molecule has 0 amide bonds. The van der Waals surface area contributed by atoms with Crippen molar-refractivity contribution in [2.45, 2.75) is 0 Å². The maximum absolute atomic E-state index is 8.58. The molecule has 18 heavy (non-hydrogen) atoms. The third-order valence-corrected chi connectivity index (χ3v) is 0. The molecular formula is CoMn3Ni2O12. The van der Waals surface area contributed by atoms with Crippen LogP contribution in [0.4, 0.5) is 0 Å². The predicted molar refractivity (Wildman–Crippen MR) is 4.12 cm³/mol. The van der Waals surface area contributed by atoms with Crippen LogP contribution in [0.15, 0.2) is 0 Å². The van der Waals surface area contributed by atoms with Gasteiger partial charge in [-0.15, -0.1) is 0 Å². The van der Waals surface area contributed by atoms with Gasteiger partial charge >= 0.3 is 138 Å². The van der Waals surface area contributed by atoms with E-state index in [1.54, 1.807) is 0 Å². The van der Waals surface area contributed by atoms with Crippen LogP contribution < -0.4 is 25.1 Å². The molecule has 0 aromatic rings. The normalized spacial score (nSPS) is 9.67. The zero-order valence-corrected chi connectivity index (χ0v) is 13.6. The molecule has 0 aliphatic rings. The Morgan fingerprint density at radius 1 is 0.444 bits per heavy atom. The molecule has 0 saturated heterocycles. The van der Waals surface area contributed by atoms with Crippen molar-refractivity contribution < 1.29 is 138 Å². The van der Waals surface area contributed by atoms with Crippen LogP contribution >= 0.6 is 0 Å². The van der Waals surface area contributed by atoms with Gasteiger partial charge in [0.15, 0.2) is 0 Å². The molecule has 0 fully saturated rings. The summed E-state index contributed by atoms with van der Waals surface area (Å²) in [7, 11) is 0. The summed E-state index contributed by atoms with van der Waals surface area (Å²) in [6, 6.07) is 0. The van der Waals surface area contributed by atoms with Gasteiger partial charge in [-0.1, -0.05) is 0 Å². The van der Waals surface area contributed by atoms with Gasteiger partial charge in [0.2, 0.25) is 0 Å². The zero-order chi connectivity index (χ0) is 13.5. The molecule has 0 unspecified atom stereocenters. The molecule has 0 spiro atoms. The summed E-state index contributed by atoms with van der Waals surface area (Å²) in [5.41, 5.74) is 0. The summed E-state index contributed by atoms with van der Waals surface area (Å²) < 4.78 is 103. The first-order valence-electron chi connectivity index (χ1n) is 1.85. The second kappa shape index (κ2) is 15.0. The van der Waals surface area contributed by atoms with Crippen LogP contribution in [0, 0.1) is 0 Å². The Hall–Kier alpha value is 1.61. The van der Waals surface area contributed by atoms with E-state index < -0.39 is 40.1 Å². The zero-order valence-electron chi connectivity index (χ0n) is 7.00.